The van der Waals surface area contributed by atoms with Gasteiger partial charge in [-0.1, -0.05) is 12.1 Å². The number of anilines is 1. The third kappa shape index (κ3) is 3.33. The van der Waals surface area contributed by atoms with Gasteiger partial charge in [0.15, 0.2) is 5.96 Å². The van der Waals surface area contributed by atoms with Crippen molar-refractivity contribution in [1.29, 1.82) is 0 Å². The van der Waals surface area contributed by atoms with Crippen LogP contribution in [0.5, 0.6) is 0 Å². The molecule has 0 aliphatic heterocycles. The number of halogens is 2. The molecule has 2 atom stereocenters. The Labute approximate surface area is 134 Å². The van der Waals surface area contributed by atoms with Gasteiger partial charge in [-0.05, 0) is 55.7 Å². The van der Waals surface area contributed by atoms with E-state index in [1.807, 2.05) is 32.0 Å². The van der Waals surface area contributed by atoms with Gasteiger partial charge >= 0.3 is 0 Å². The molecule has 3 rings (SSSR count). The normalized spacial score (nSPS) is 20.4. The molecule has 1 fully saturated rings. The third-order valence-corrected chi connectivity index (χ3v) is 4.21. The molecule has 5 heteroatoms. The molecule has 1 aliphatic rings. The highest BCUT2D eigenvalue weighted by Gasteiger charge is 2.42. The Hall–Kier alpha value is -2.43. The Morgan fingerprint density at radius 2 is 1.83 bits per heavy atom. The van der Waals surface area contributed by atoms with Crippen LogP contribution in [-0.4, -0.2) is 12.0 Å². The quantitative estimate of drug-likeness (QED) is 0.667. The molecule has 0 radical (unpaired) electrons. The Balaban J connectivity index is 1.70. The van der Waals surface area contributed by atoms with Gasteiger partial charge in [-0.25, -0.2) is 13.8 Å². The number of aryl methyl sites for hydroxylation is 2. The Morgan fingerprint density at radius 1 is 1.13 bits per heavy atom. The lowest BCUT2D eigenvalue weighted by Crippen LogP contribution is -2.23. The fourth-order valence-electron chi connectivity index (χ4n) is 2.68. The van der Waals surface area contributed by atoms with Crippen LogP contribution in [0.2, 0.25) is 0 Å². The maximum Gasteiger partial charge on any atom is 0.193 e. The van der Waals surface area contributed by atoms with Crippen molar-refractivity contribution in [3.05, 3.63) is 64.7 Å². The van der Waals surface area contributed by atoms with Gasteiger partial charge < -0.3 is 11.1 Å². The Morgan fingerprint density at radius 3 is 2.48 bits per heavy atom. The average molecular weight is 315 g/mol. The van der Waals surface area contributed by atoms with Crippen LogP contribution >= 0.6 is 0 Å². The average Bonchev–Trinajstić information content (AvgIpc) is 3.21. The number of rotatable bonds is 3. The number of nitrogens with zero attached hydrogens (tertiary/aromatic N) is 1. The van der Waals surface area contributed by atoms with Crippen molar-refractivity contribution in [3.63, 3.8) is 0 Å². The largest absolute Gasteiger partial charge is 0.370 e. The summed E-state index contributed by atoms with van der Waals surface area (Å²) in [6, 6.07) is 9.64. The minimum atomic E-state index is -0.520. The highest BCUT2D eigenvalue weighted by molar-refractivity contribution is 5.92. The van der Waals surface area contributed by atoms with Crippen molar-refractivity contribution >= 4 is 11.6 Å². The maximum absolute atomic E-state index is 13.7. The van der Waals surface area contributed by atoms with E-state index in [1.54, 1.807) is 0 Å². The molecule has 0 bridgehead atoms. The van der Waals surface area contributed by atoms with Crippen LogP contribution in [0.1, 0.15) is 29.0 Å². The van der Waals surface area contributed by atoms with Crippen molar-refractivity contribution in [1.82, 2.24) is 0 Å². The first-order valence-electron chi connectivity index (χ1n) is 7.57. The summed E-state index contributed by atoms with van der Waals surface area (Å²) >= 11 is 0. The third-order valence-electron chi connectivity index (χ3n) is 4.21. The number of guanidine groups is 1. The van der Waals surface area contributed by atoms with E-state index in [4.69, 9.17) is 5.73 Å². The van der Waals surface area contributed by atoms with Crippen molar-refractivity contribution in [2.24, 2.45) is 10.7 Å². The van der Waals surface area contributed by atoms with E-state index in [2.05, 4.69) is 10.3 Å². The predicted octanol–water partition coefficient (Wildman–Crippen LogP) is 3.86. The molecule has 3 N–H and O–H groups in total. The van der Waals surface area contributed by atoms with Gasteiger partial charge in [-0.3, -0.25) is 0 Å². The minimum absolute atomic E-state index is 0.111. The van der Waals surface area contributed by atoms with Gasteiger partial charge in [-0.2, -0.15) is 0 Å². The predicted molar refractivity (Wildman–Crippen MR) is 88.7 cm³/mol. The second kappa shape index (κ2) is 5.99. The first-order valence-corrected chi connectivity index (χ1v) is 7.57. The van der Waals surface area contributed by atoms with Crippen LogP contribution in [0.4, 0.5) is 14.5 Å². The molecular weight excluding hydrogens is 296 g/mol. The maximum atomic E-state index is 13.7. The lowest BCUT2D eigenvalue weighted by atomic mass is 10.1. The van der Waals surface area contributed by atoms with Crippen molar-refractivity contribution < 1.29 is 8.78 Å². The topological polar surface area (TPSA) is 50.4 Å². The van der Waals surface area contributed by atoms with E-state index in [1.165, 1.54) is 23.8 Å². The molecule has 2 unspecified atom stereocenters. The highest BCUT2D eigenvalue weighted by Crippen LogP contribution is 2.45. The number of aliphatic imine (C=N–C) groups is 1. The SMILES string of the molecule is Cc1ccc(NC(N)=NC2CC2c2c(F)cccc2F)cc1C. The van der Waals surface area contributed by atoms with Crippen LogP contribution in [0.3, 0.4) is 0 Å². The summed E-state index contributed by atoms with van der Waals surface area (Å²) in [6.07, 6.45) is 0.604. The smallest absolute Gasteiger partial charge is 0.193 e. The van der Waals surface area contributed by atoms with Gasteiger partial charge in [0.2, 0.25) is 0 Å². The first-order chi connectivity index (χ1) is 11.0. The molecule has 3 nitrogen and oxygen atoms in total. The summed E-state index contributed by atoms with van der Waals surface area (Å²) in [5.74, 6) is -1.02. The molecule has 0 aromatic heterocycles. The molecule has 0 saturated heterocycles. The second-order valence-electron chi connectivity index (χ2n) is 5.98. The van der Waals surface area contributed by atoms with Gasteiger partial charge in [0.25, 0.3) is 0 Å². The summed E-state index contributed by atoms with van der Waals surface area (Å²) in [6.45, 7) is 4.06. The molecule has 0 heterocycles. The molecule has 0 amide bonds. The number of hydrogen-bond donors (Lipinski definition) is 2. The second-order valence-corrected chi connectivity index (χ2v) is 5.98. The summed E-state index contributed by atoms with van der Waals surface area (Å²) in [4.78, 5) is 4.33. The number of benzene rings is 2. The fraction of sp³-hybridized carbons (Fsp3) is 0.278. The van der Waals surface area contributed by atoms with Crippen molar-refractivity contribution in [2.45, 2.75) is 32.2 Å². The van der Waals surface area contributed by atoms with Crippen molar-refractivity contribution in [3.8, 4) is 0 Å². The van der Waals surface area contributed by atoms with E-state index in [0.717, 1.165) is 11.3 Å². The fourth-order valence-corrected chi connectivity index (χ4v) is 2.68. The van der Waals surface area contributed by atoms with E-state index in [0.29, 0.717) is 6.42 Å². The zero-order chi connectivity index (χ0) is 16.6. The summed E-state index contributed by atoms with van der Waals surface area (Å²) < 4.78 is 27.5. The van der Waals surface area contributed by atoms with Crippen LogP contribution in [0.25, 0.3) is 0 Å². The van der Waals surface area contributed by atoms with Crippen LogP contribution in [-0.2, 0) is 0 Å². The van der Waals surface area contributed by atoms with Crippen LogP contribution < -0.4 is 11.1 Å². The number of nitrogens with two attached hydrogens (primary N) is 1. The minimum Gasteiger partial charge on any atom is -0.370 e. The number of nitrogens with one attached hydrogen (secondary N) is 1. The molecule has 1 saturated carbocycles. The van der Waals surface area contributed by atoms with E-state index < -0.39 is 11.6 Å². The highest BCUT2D eigenvalue weighted by atomic mass is 19.1. The summed E-state index contributed by atoms with van der Waals surface area (Å²) in [5, 5.41) is 3.02. The molecule has 0 spiro atoms. The van der Waals surface area contributed by atoms with E-state index >= 15 is 0 Å². The molecule has 120 valence electrons. The van der Waals surface area contributed by atoms with Crippen LogP contribution in [0, 0.1) is 25.5 Å². The number of hydrogen-bond acceptors (Lipinski definition) is 1. The summed E-state index contributed by atoms with van der Waals surface area (Å²) in [5.41, 5.74) is 9.22. The summed E-state index contributed by atoms with van der Waals surface area (Å²) in [7, 11) is 0. The molecule has 23 heavy (non-hydrogen) atoms. The zero-order valence-electron chi connectivity index (χ0n) is 13.1. The standard InChI is InChI=1S/C18H19F2N3/c1-10-6-7-12(8-11(10)2)22-18(21)23-16-9-13(16)17-14(19)4-3-5-15(17)20/h3-8,13,16H,9H2,1-2H3,(H3,21,22,23). The van der Waals surface area contributed by atoms with Crippen LogP contribution in [0.15, 0.2) is 41.4 Å². The molecule has 2 aromatic carbocycles. The van der Waals surface area contributed by atoms with Gasteiger partial charge in [0, 0.05) is 17.2 Å². The van der Waals surface area contributed by atoms with Gasteiger partial charge in [0.1, 0.15) is 11.6 Å². The molecular formula is C18H19F2N3. The van der Waals surface area contributed by atoms with Gasteiger partial charge in [0.05, 0.1) is 6.04 Å². The Bertz CT molecular complexity index is 751. The Kier molecular flexibility index (Phi) is 4.03. The zero-order valence-corrected chi connectivity index (χ0v) is 13.1. The monoisotopic (exact) mass is 315 g/mol. The van der Waals surface area contributed by atoms with Crippen molar-refractivity contribution in [2.75, 3.05) is 5.32 Å². The lowest BCUT2D eigenvalue weighted by molar-refractivity contribution is 0.555. The first kappa shape index (κ1) is 15.5. The lowest BCUT2D eigenvalue weighted by Gasteiger charge is -2.08. The molecule has 2 aromatic rings. The van der Waals surface area contributed by atoms with E-state index in [-0.39, 0.29) is 23.5 Å². The van der Waals surface area contributed by atoms with E-state index in [9.17, 15) is 8.78 Å². The molecule has 1 aliphatic carbocycles. The van der Waals surface area contributed by atoms with Gasteiger partial charge in [-0.15, -0.1) is 0 Å².